The van der Waals surface area contributed by atoms with Gasteiger partial charge in [-0.2, -0.15) is 0 Å². The molecule has 0 amide bonds. The molecular weight excluding hydrogens is 399 g/mol. The van der Waals surface area contributed by atoms with Gasteiger partial charge >= 0.3 is 0 Å². The highest BCUT2D eigenvalue weighted by Gasteiger charge is 2.10. The fraction of sp³-hybridized carbons (Fsp3) is 0.562. The van der Waals surface area contributed by atoms with Crippen molar-refractivity contribution in [1.29, 1.82) is 0 Å². The molecule has 0 unspecified atom stereocenters. The number of benzene rings is 1. The number of alkyl halides is 1. The summed E-state index contributed by atoms with van der Waals surface area (Å²) in [5.41, 5.74) is 2.25. The first-order valence-electron chi connectivity index (χ1n) is 7.40. The van der Waals surface area contributed by atoms with Crippen molar-refractivity contribution in [2.24, 2.45) is 5.92 Å². The summed E-state index contributed by atoms with van der Waals surface area (Å²) in [6.07, 6.45) is 1.80. The van der Waals surface area contributed by atoms with Crippen LogP contribution >= 0.6 is 34.2 Å². The quantitative estimate of drug-likeness (QED) is 0.357. The van der Waals surface area contributed by atoms with Gasteiger partial charge in [0.25, 0.3) is 0 Å². The number of aryl methyl sites for hydroxylation is 2. The van der Waals surface area contributed by atoms with Crippen LogP contribution in [0.1, 0.15) is 26.1 Å². The van der Waals surface area contributed by atoms with Crippen LogP contribution in [0.15, 0.2) is 18.2 Å². The van der Waals surface area contributed by atoms with Crippen molar-refractivity contribution in [3.8, 4) is 0 Å². The second kappa shape index (κ2) is 8.34. The lowest BCUT2D eigenvalue weighted by Gasteiger charge is -2.10. The molecule has 116 valence electrons. The Kier molecular flexibility index (Phi) is 6.76. The van der Waals surface area contributed by atoms with E-state index in [1.165, 1.54) is 9.09 Å². The normalized spacial score (nSPS) is 11.7. The van der Waals surface area contributed by atoms with Crippen molar-refractivity contribution in [1.82, 2.24) is 9.55 Å². The summed E-state index contributed by atoms with van der Waals surface area (Å²) in [4.78, 5) is 4.72. The molecule has 2 rings (SSSR count). The minimum Gasteiger partial charge on any atom is -0.381 e. The summed E-state index contributed by atoms with van der Waals surface area (Å²) >= 11 is 8.23. The van der Waals surface area contributed by atoms with Crippen molar-refractivity contribution in [3.05, 3.63) is 27.6 Å². The molecule has 0 atom stereocenters. The molecule has 1 aromatic carbocycles. The molecule has 0 saturated carbocycles. The summed E-state index contributed by atoms with van der Waals surface area (Å²) in [6, 6.07) is 6.40. The van der Waals surface area contributed by atoms with Crippen LogP contribution in [0.2, 0.25) is 0 Å². The number of ether oxygens (including phenoxy) is 1. The number of aromatic nitrogens is 2. The van der Waals surface area contributed by atoms with Crippen molar-refractivity contribution in [3.63, 3.8) is 0 Å². The fourth-order valence-corrected chi connectivity index (χ4v) is 2.97. The first-order valence-corrected chi connectivity index (χ1v) is 9.01. The van der Waals surface area contributed by atoms with Gasteiger partial charge in [0.2, 0.25) is 0 Å². The summed E-state index contributed by atoms with van der Waals surface area (Å²) in [5.74, 6) is 2.27. The van der Waals surface area contributed by atoms with E-state index in [2.05, 4.69) is 59.2 Å². The molecule has 3 nitrogen and oxygen atoms in total. The zero-order valence-electron chi connectivity index (χ0n) is 12.6. The van der Waals surface area contributed by atoms with Crippen molar-refractivity contribution < 1.29 is 4.74 Å². The van der Waals surface area contributed by atoms with Crippen LogP contribution < -0.4 is 0 Å². The monoisotopic (exact) mass is 420 g/mol. The Balaban J connectivity index is 2.07. The number of nitrogens with zero attached hydrogens (tertiary/aromatic N) is 2. The van der Waals surface area contributed by atoms with Crippen molar-refractivity contribution >= 4 is 45.2 Å². The Morgan fingerprint density at radius 3 is 2.90 bits per heavy atom. The highest BCUT2D eigenvalue weighted by molar-refractivity contribution is 14.1. The molecule has 1 heterocycles. The maximum atomic E-state index is 5.91. The number of imidazole rings is 1. The van der Waals surface area contributed by atoms with E-state index in [0.717, 1.165) is 43.9 Å². The predicted molar refractivity (Wildman–Crippen MR) is 97.1 cm³/mol. The van der Waals surface area contributed by atoms with Gasteiger partial charge in [-0.05, 0) is 53.1 Å². The highest BCUT2D eigenvalue weighted by atomic mass is 127. The molecule has 0 aliphatic carbocycles. The van der Waals surface area contributed by atoms with Gasteiger partial charge in [0.1, 0.15) is 5.82 Å². The summed E-state index contributed by atoms with van der Waals surface area (Å²) in [5, 5.41) is 0. The smallest absolute Gasteiger partial charge is 0.111 e. The highest BCUT2D eigenvalue weighted by Crippen LogP contribution is 2.20. The van der Waals surface area contributed by atoms with E-state index in [1.54, 1.807) is 0 Å². The van der Waals surface area contributed by atoms with E-state index >= 15 is 0 Å². The molecule has 2 aromatic rings. The van der Waals surface area contributed by atoms with Crippen molar-refractivity contribution in [2.45, 2.75) is 33.2 Å². The van der Waals surface area contributed by atoms with Gasteiger partial charge in [-0.3, -0.25) is 0 Å². The molecule has 0 aliphatic rings. The Morgan fingerprint density at radius 2 is 2.19 bits per heavy atom. The summed E-state index contributed by atoms with van der Waals surface area (Å²) in [7, 11) is 0. The maximum absolute atomic E-state index is 5.91. The van der Waals surface area contributed by atoms with E-state index in [4.69, 9.17) is 21.3 Å². The van der Waals surface area contributed by atoms with Gasteiger partial charge in [-0.25, -0.2) is 4.98 Å². The van der Waals surface area contributed by atoms with Crippen LogP contribution in [0.25, 0.3) is 11.0 Å². The fourth-order valence-electron chi connectivity index (χ4n) is 2.32. The topological polar surface area (TPSA) is 27.1 Å². The van der Waals surface area contributed by atoms with Crippen LogP contribution in [0.5, 0.6) is 0 Å². The minimum atomic E-state index is 0.591. The second-order valence-corrected chi connectivity index (χ2v) is 7.20. The first-order chi connectivity index (χ1) is 10.1. The molecular formula is C16H22ClIN2O. The number of hydrogen-bond acceptors (Lipinski definition) is 2. The third kappa shape index (κ3) is 4.83. The third-order valence-electron chi connectivity index (χ3n) is 3.23. The number of hydrogen-bond donors (Lipinski definition) is 0. The largest absolute Gasteiger partial charge is 0.381 e. The molecule has 0 fully saturated rings. The van der Waals surface area contributed by atoms with Crippen LogP contribution in [0.4, 0.5) is 0 Å². The Bertz CT molecular complexity index is 583. The zero-order chi connectivity index (χ0) is 15.2. The van der Waals surface area contributed by atoms with Crippen LogP contribution in [0, 0.1) is 9.49 Å². The lowest BCUT2D eigenvalue weighted by molar-refractivity contribution is 0.105. The summed E-state index contributed by atoms with van der Waals surface area (Å²) in [6.45, 7) is 6.90. The molecule has 0 N–H and O–H groups in total. The first kappa shape index (κ1) is 17.0. The number of rotatable bonds is 8. The Hall–Kier alpha value is -0.330. The minimum absolute atomic E-state index is 0.591. The van der Waals surface area contributed by atoms with E-state index in [9.17, 15) is 0 Å². The van der Waals surface area contributed by atoms with Gasteiger partial charge in [0.05, 0.1) is 11.0 Å². The lowest BCUT2D eigenvalue weighted by atomic mass is 10.2. The molecule has 0 bridgehead atoms. The van der Waals surface area contributed by atoms with Gasteiger partial charge < -0.3 is 9.30 Å². The van der Waals surface area contributed by atoms with Crippen LogP contribution in [0.3, 0.4) is 0 Å². The number of fused-ring (bicyclic) bond motifs is 1. The van der Waals surface area contributed by atoms with Crippen LogP contribution in [-0.2, 0) is 17.7 Å². The molecule has 0 radical (unpaired) electrons. The molecule has 5 heteroatoms. The van der Waals surface area contributed by atoms with Gasteiger partial charge in [0.15, 0.2) is 0 Å². The standard InChI is InChI=1S/C16H22ClIN2O/c1-12(2)11-21-9-3-8-20-15-5-4-13(18)10-14(15)19-16(20)6-7-17/h4-5,10,12H,3,6-9,11H2,1-2H3. The molecule has 0 aliphatic heterocycles. The van der Waals surface area contributed by atoms with E-state index in [0.29, 0.717) is 11.8 Å². The molecule has 1 aromatic heterocycles. The Morgan fingerprint density at radius 1 is 1.38 bits per heavy atom. The van der Waals surface area contributed by atoms with E-state index < -0.39 is 0 Å². The lowest BCUT2D eigenvalue weighted by Crippen LogP contribution is -2.09. The molecule has 0 spiro atoms. The predicted octanol–water partition coefficient (Wildman–Crippen LogP) is 4.48. The third-order valence-corrected chi connectivity index (χ3v) is 4.09. The van der Waals surface area contributed by atoms with Gasteiger partial charge in [-0.1, -0.05) is 13.8 Å². The maximum Gasteiger partial charge on any atom is 0.111 e. The molecule has 0 saturated heterocycles. The van der Waals surface area contributed by atoms with Crippen molar-refractivity contribution in [2.75, 3.05) is 19.1 Å². The average Bonchev–Trinajstić information content (AvgIpc) is 2.75. The molecule has 21 heavy (non-hydrogen) atoms. The number of halogens is 2. The van der Waals surface area contributed by atoms with Gasteiger partial charge in [0, 0.05) is 35.6 Å². The SMILES string of the molecule is CC(C)COCCCn1c(CCCl)nc2cc(I)ccc21. The second-order valence-electron chi connectivity index (χ2n) is 5.57. The zero-order valence-corrected chi connectivity index (χ0v) is 15.5. The van der Waals surface area contributed by atoms with E-state index in [-0.39, 0.29) is 0 Å². The average molecular weight is 421 g/mol. The summed E-state index contributed by atoms with van der Waals surface area (Å²) < 4.78 is 9.16. The van der Waals surface area contributed by atoms with Gasteiger partial charge in [-0.15, -0.1) is 11.6 Å². The van der Waals surface area contributed by atoms with E-state index in [1.807, 2.05) is 0 Å². The Labute approximate surface area is 145 Å². The van der Waals surface area contributed by atoms with Crippen LogP contribution in [-0.4, -0.2) is 28.6 Å².